The molecule has 0 N–H and O–H groups in total. The molecule has 0 radical (unpaired) electrons. The summed E-state index contributed by atoms with van der Waals surface area (Å²) in [6, 6.07) is 73.1. The molecule has 8 aromatic carbocycles. The standard InChI is InChI=1S/C48H33NOSi/c1-4-16-37(17-5-1)51(38-18-6-2-7-19-38,39-20-8-3-9-21-39)40-22-14-15-34(31-40)35-27-29-47-43(32-35)44-33-36(28-30-48(44)50-47)49-45-25-12-10-23-41(45)42-24-11-13-26-46(42)49/h1-33H/q-1. The van der Waals surface area contributed by atoms with Crippen LogP contribution in [0.15, 0.2) is 205 Å². The monoisotopic (exact) mass is 667 g/mol. The third-order valence-electron chi connectivity index (χ3n) is 10.5. The molecule has 2 aromatic heterocycles. The highest BCUT2D eigenvalue weighted by atomic mass is 28.3. The average Bonchev–Trinajstić information content (AvgIpc) is 3.74. The van der Waals surface area contributed by atoms with E-state index in [1.54, 1.807) is 0 Å². The molecule has 0 saturated carbocycles. The molecule has 51 heavy (non-hydrogen) atoms. The summed E-state index contributed by atoms with van der Waals surface area (Å²) >= 11 is 0. The van der Waals surface area contributed by atoms with Crippen molar-refractivity contribution in [3.63, 3.8) is 0 Å². The minimum Gasteiger partial charge on any atom is -0.456 e. The van der Waals surface area contributed by atoms with Gasteiger partial charge in [0.2, 0.25) is 0 Å². The van der Waals surface area contributed by atoms with E-state index in [2.05, 4.69) is 205 Å². The van der Waals surface area contributed by atoms with Gasteiger partial charge in [0.1, 0.15) is 11.2 Å². The molecule has 0 amide bonds. The molecule has 0 spiro atoms. The molecule has 0 bridgehead atoms. The molecule has 2 nitrogen and oxygen atoms in total. The van der Waals surface area contributed by atoms with Crippen LogP contribution in [0.5, 0.6) is 0 Å². The predicted molar refractivity (Wildman–Crippen MR) is 217 cm³/mol. The maximum atomic E-state index is 6.44. The van der Waals surface area contributed by atoms with E-state index >= 15 is 0 Å². The molecule has 0 aliphatic carbocycles. The van der Waals surface area contributed by atoms with Gasteiger partial charge in [-0.15, -0.1) is 0 Å². The Bertz CT molecular complexity index is 2700. The molecule has 0 unspecified atom stereocenters. The van der Waals surface area contributed by atoms with E-state index < -0.39 is 8.07 Å². The molecular formula is C48H33NOSi-. The van der Waals surface area contributed by atoms with Crippen molar-refractivity contribution in [2.24, 2.45) is 0 Å². The van der Waals surface area contributed by atoms with E-state index in [0.29, 0.717) is 0 Å². The highest BCUT2D eigenvalue weighted by Crippen LogP contribution is 2.36. The average molecular weight is 668 g/mol. The van der Waals surface area contributed by atoms with E-state index in [4.69, 9.17) is 4.42 Å². The van der Waals surface area contributed by atoms with Gasteiger partial charge < -0.3 is 8.98 Å². The van der Waals surface area contributed by atoms with Crippen LogP contribution in [0.2, 0.25) is 0 Å². The summed E-state index contributed by atoms with van der Waals surface area (Å²) in [7, 11) is -2.65. The van der Waals surface area contributed by atoms with Crippen LogP contribution in [-0.4, -0.2) is 12.6 Å². The SMILES string of the molecule is c1ccc([Si-](c2ccccc2)(c2ccccc2)c2cccc(-c3ccc4oc5ccc(-n6c7ccccc7c7ccccc76)cc5c4c3)c2)cc1. The lowest BCUT2D eigenvalue weighted by molar-refractivity contribution is 0.669. The molecule has 10 aromatic rings. The van der Waals surface area contributed by atoms with Crippen molar-refractivity contribution in [2.75, 3.05) is 0 Å². The molecular weight excluding hydrogens is 635 g/mol. The smallest absolute Gasteiger partial charge is 0.135 e. The van der Waals surface area contributed by atoms with Crippen molar-refractivity contribution >= 4 is 72.6 Å². The van der Waals surface area contributed by atoms with Crippen LogP contribution in [-0.2, 0) is 0 Å². The third-order valence-corrected chi connectivity index (χ3v) is 15.3. The van der Waals surface area contributed by atoms with E-state index in [1.807, 2.05) is 0 Å². The Balaban J connectivity index is 1.16. The van der Waals surface area contributed by atoms with E-state index in [1.165, 1.54) is 53.7 Å². The lowest BCUT2D eigenvalue weighted by atomic mass is 10.0. The van der Waals surface area contributed by atoms with Crippen molar-refractivity contribution in [1.82, 2.24) is 4.57 Å². The topological polar surface area (TPSA) is 18.1 Å². The van der Waals surface area contributed by atoms with Crippen molar-refractivity contribution in [1.29, 1.82) is 0 Å². The molecule has 0 aliphatic heterocycles. The van der Waals surface area contributed by atoms with Gasteiger partial charge in [-0.05, 0) is 61.7 Å². The molecule has 0 fully saturated rings. The zero-order valence-electron chi connectivity index (χ0n) is 27.9. The Morgan fingerprint density at radius 1 is 0.333 bits per heavy atom. The van der Waals surface area contributed by atoms with Crippen LogP contribution in [0.1, 0.15) is 0 Å². The fraction of sp³-hybridized carbons (Fsp3) is 0. The van der Waals surface area contributed by atoms with Gasteiger partial charge in [-0.25, -0.2) is 0 Å². The lowest BCUT2D eigenvalue weighted by Gasteiger charge is -2.47. The van der Waals surface area contributed by atoms with Crippen LogP contribution in [0.3, 0.4) is 0 Å². The number of hydrogen-bond acceptors (Lipinski definition) is 1. The summed E-state index contributed by atoms with van der Waals surface area (Å²) in [4.78, 5) is 0. The van der Waals surface area contributed by atoms with Gasteiger partial charge in [0.25, 0.3) is 0 Å². The Morgan fingerprint density at radius 3 is 1.39 bits per heavy atom. The predicted octanol–water partition coefficient (Wildman–Crippen LogP) is 9.73. The zero-order chi connectivity index (χ0) is 33.8. The van der Waals surface area contributed by atoms with Crippen molar-refractivity contribution in [3.05, 3.63) is 200 Å². The van der Waals surface area contributed by atoms with Crippen molar-refractivity contribution in [2.45, 2.75) is 0 Å². The molecule has 0 aliphatic rings. The number of furan rings is 1. The second-order valence-electron chi connectivity index (χ2n) is 13.3. The Kier molecular flexibility index (Phi) is 6.86. The van der Waals surface area contributed by atoms with Gasteiger partial charge in [-0.3, -0.25) is 0 Å². The first-order valence-corrected chi connectivity index (χ1v) is 19.5. The largest absolute Gasteiger partial charge is 0.456 e. The van der Waals surface area contributed by atoms with Crippen LogP contribution in [0.25, 0.3) is 60.6 Å². The lowest BCUT2D eigenvalue weighted by Crippen LogP contribution is -2.74. The Morgan fingerprint density at radius 2 is 0.804 bits per heavy atom. The number of para-hydroxylation sites is 2. The van der Waals surface area contributed by atoms with E-state index in [0.717, 1.165) is 27.6 Å². The summed E-state index contributed by atoms with van der Waals surface area (Å²) in [5.41, 5.74) is 7.68. The van der Waals surface area contributed by atoms with E-state index in [9.17, 15) is 0 Å². The van der Waals surface area contributed by atoms with Crippen LogP contribution < -0.4 is 20.7 Å². The highest BCUT2D eigenvalue weighted by Gasteiger charge is 2.28. The summed E-state index contributed by atoms with van der Waals surface area (Å²) < 4.78 is 8.81. The first kappa shape index (κ1) is 29.5. The number of benzene rings is 8. The van der Waals surface area contributed by atoms with Gasteiger partial charge in [-0.1, -0.05) is 158 Å². The number of hydrogen-bond donors (Lipinski definition) is 0. The Labute approximate surface area is 297 Å². The van der Waals surface area contributed by atoms with Gasteiger partial charge >= 0.3 is 0 Å². The molecule has 241 valence electrons. The first-order valence-electron chi connectivity index (χ1n) is 17.5. The summed E-state index contributed by atoms with van der Waals surface area (Å²) in [6.45, 7) is 0. The maximum absolute atomic E-state index is 6.44. The number of fused-ring (bicyclic) bond motifs is 6. The third kappa shape index (κ3) is 4.63. The first-order chi connectivity index (χ1) is 25.3. The second kappa shape index (κ2) is 11.9. The summed E-state index contributed by atoms with van der Waals surface area (Å²) in [5, 5.41) is 10.2. The zero-order valence-corrected chi connectivity index (χ0v) is 28.9. The molecule has 2 heterocycles. The molecule has 0 atom stereocenters. The van der Waals surface area contributed by atoms with Gasteiger partial charge in [0, 0.05) is 27.2 Å². The van der Waals surface area contributed by atoms with Crippen molar-refractivity contribution in [3.8, 4) is 16.8 Å². The number of nitrogens with zero attached hydrogens (tertiary/aromatic N) is 1. The second-order valence-corrected chi connectivity index (χ2v) is 17.1. The molecule has 3 heteroatoms. The fourth-order valence-corrected chi connectivity index (χ4v) is 13.1. The fourth-order valence-electron chi connectivity index (χ4n) is 8.28. The molecule has 10 rings (SSSR count). The Hall–Kier alpha value is -6.42. The minimum absolute atomic E-state index is 0.893. The highest BCUT2D eigenvalue weighted by molar-refractivity contribution is 7.19. The van der Waals surface area contributed by atoms with E-state index in [-0.39, 0.29) is 0 Å². The van der Waals surface area contributed by atoms with Gasteiger partial charge in [-0.2, -0.15) is 20.7 Å². The minimum atomic E-state index is -2.65. The summed E-state index contributed by atoms with van der Waals surface area (Å²) in [5.74, 6) is 0. The summed E-state index contributed by atoms with van der Waals surface area (Å²) in [6.07, 6.45) is 0. The maximum Gasteiger partial charge on any atom is 0.135 e. The van der Waals surface area contributed by atoms with Crippen LogP contribution >= 0.6 is 0 Å². The van der Waals surface area contributed by atoms with Crippen molar-refractivity contribution < 1.29 is 4.42 Å². The number of rotatable bonds is 6. The van der Waals surface area contributed by atoms with Gasteiger partial charge in [0.05, 0.1) is 11.0 Å². The van der Waals surface area contributed by atoms with Crippen LogP contribution in [0, 0.1) is 0 Å². The van der Waals surface area contributed by atoms with Gasteiger partial charge in [0.15, 0.2) is 0 Å². The molecule has 0 saturated heterocycles. The van der Waals surface area contributed by atoms with Crippen LogP contribution in [0.4, 0.5) is 0 Å². The quantitative estimate of drug-likeness (QED) is 0.128. The normalized spacial score (nSPS) is 11.9. The number of aromatic nitrogens is 1.